The molecule has 112 valence electrons. The summed E-state index contributed by atoms with van der Waals surface area (Å²) in [6, 6.07) is 3.15. The van der Waals surface area contributed by atoms with Crippen LogP contribution >= 0.6 is 0 Å². The van der Waals surface area contributed by atoms with E-state index in [-0.39, 0.29) is 11.9 Å². The second-order valence-corrected chi connectivity index (χ2v) is 4.22. The van der Waals surface area contributed by atoms with Gasteiger partial charge in [-0.1, -0.05) is 6.92 Å². The fourth-order valence-electron chi connectivity index (χ4n) is 1.80. The predicted octanol–water partition coefficient (Wildman–Crippen LogP) is 1.18. The zero-order valence-electron chi connectivity index (χ0n) is 12.4. The van der Waals surface area contributed by atoms with Gasteiger partial charge in [-0.05, 0) is 6.42 Å². The summed E-state index contributed by atoms with van der Waals surface area (Å²) in [4.78, 5) is 12.3. The molecule has 1 atom stereocenters. The number of hydrogen-bond donors (Lipinski definition) is 2. The lowest BCUT2D eigenvalue weighted by molar-refractivity contribution is 0.0933. The van der Waals surface area contributed by atoms with Gasteiger partial charge >= 0.3 is 0 Å². The maximum absolute atomic E-state index is 12.3. The minimum absolute atomic E-state index is 0.0692. The molecule has 1 amide bonds. The average Bonchev–Trinajstić information content (AvgIpc) is 2.50. The summed E-state index contributed by atoms with van der Waals surface area (Å²) in [6.45, 7) is 2.35. The highest BCUT2D eigenvalue weighted by atomic mass is 16.5. The first-order valence-electron chi connectivity index (χ1n) is 6.42. The predicted molar refractivity (Wildman–Crippen MR) is 76.7 cm³/mol. The maximum Gasteiger partial charge on any atom is 0.255 e. The quantitative estimate of drug-likeness (QED) is 0.784. The minimum Gasteiger partial charge on any atom is -0.496 e. The average molecular weight is 282 g/mol. The van der Waals surface area contributed by atoms with Gasteiger partial charge in [0.05, 0.1) is 26.9 Å². The highest BCUT2D eigenvalue weighted by molar-refractivity contribution is 5.98. The normalized spacial score (nSPS) is 11.7. The monoisotopic (exact) mass is 282 g/mol. The summed E-state index contributed by atoms with van der Waals surface area (Å²) in [7, 11) is 4.54. The van der Waals surface area contributed by atoms with Gasteiger partial charge in [0.25, 0.3) is 5.91 Å². The van der Waals surface area contributed by atoms with Gasteiger partial charge in [0.2, 0.25) is 0 Å². The van der Waals surface area contributed by atoms with Crippen LogP contribution < -0.4 is 25.3 Å². The van der Waals surface area contributed by atoms with Crippen molar-refractivity contribution in [1.82, 2.24) is 5.32 Å². The van der Waals surface area contributed by atoms with E-state index in [1.54, 1.807) is 12.1 Å². The van der Waals surface area contributed by atoms with Gasteiger partial charge in [-0.15, -0.1) is 0 Å². The van der Waals surface area contributed by atoms with Gasteiger partial charge in [0, 0.05) is 24.7 Å². The number of hydrogen-bond acceptors (Lipinski definition) is 5. The second kappa shape index (κ2) is 7.59. The Labute approximate surface area is 119 Å². The molecule has 1 aromatic rings. The zero-order chi connectivity index (χ0) is 15.1. The Kier molecular flexibility index (Phi) is 6.11. The van der Waals surface area contributed by atoms with Crippen molar-refractivity contribution in [1.29, 1.82) is 0 Å². The van der Waals surface area contributed by atoms with Crippen LogP contribution in [0.4, 0.5) is 0 Å². The van der Waals surface area contributed by atoms with Crippen molar-refractivity contribution in [3.05, 3.63) is 17.7 Å². The smallest absolute Gasteiger partial charge is 0.255 e. The van der Waals surface area contributed by atoms with Crippen LogP contribution in [0.25, 0.3) is 0 Å². The van der Waals surface area contributed by atoms with Crippen molar-refractivity contribution in [2.75, 3.05) is 27.9 Å². The van der Waals surface area contributed by atoms with Crippen molar-refractivity contribution in [3.8, 4) is 17.2 Å². The standard InChI is InChI=1S/C14H22N2O4/c1-5-9(8-15)16-14(17)10-6-12(19-3)13(20-4)7-11(10)18-2/h6-7,9H,5,8,15H2,1-4H3,(H,16,17). The van der Waals surface area contributed by atoms with E-state index in [4.69, 9.17) is 19.9 Å². The van der Waals surface area contributed by atoms with Crippen LogP contribution in [0.3, 0.4) is 0 Å². The van der Waals surface area contributed by atoms with Gasteiger partial charge in [0.15, 0.2) is 11.5 Å². The first kappa shape index (κ1) is 16.1. The molecule has 0 aliphatic heterocycles. The van der Waals surface area contributed by atoms with Gasteiger partial charge in [-0.25, -0.2) is 0 Å². The number of carbonyl (C=O) groups is 1. The van der Waals surface area contributed by atoms with Gasteiger partial charge < -0.3 is 25.3 Å². The van der Waals surface area contributed by atoms with E-state index in [2.05, 4.69) is 5.32 Å². The van der Waals surface area contributed by atoms with E-state index in [1.165, 1.54) is 21.3 Å². The molecule has 0 aliphatic carbocycles. The van der Waals surface area contributed by atoms with Crippen molar-refractivity contribution >= 4 is 5.91 Å². The van der Waals surface area contributed by atoms with E-state index in [9.17, 15) is 4.79 Å². The summed E-state index contributed by atoms with van der Waals surface area (Å²) in [5.74, 6) is 1.15. The molecular weight excluding hydrogens is 260 g/mol. The number of carbonyl (C=O) groups excluding carboxylic acids is 1. The fourth-order valence-corrected chi connectivity index (χ4v) is 1.80. The number of nitrogens with two attached hydrogens (primary N) is 1. The SMILES string of the molecule is CCC(CN)NC(=O)c1cc(OC)c(OC)cc1OC. The molecule has 1 unspecified atom stereocenters. The van der Waals surface area contributed by atoms with E-state index in [1.807, 2.05) is 6.92 Å². The minimum atomic E-state index is -0.250. The maximum atomic E-state index is 12.3. The first-order valence-corrected chi connectivity index (χ1v) is 6.42. The molecule has 0 bridgehead atoms. The van der Waals surface area contributed by atoms with Gasteiger partial charge in [-0.3, -0.25) is 4.79 Å². The number of ether oxygens (including phenoxy) is 3. The van der Waals surface area contributed by atoms with Crippen LogP contribution in [0.15, 0.2) is 12.1 Å². The molecular formula is C14H22N2O4. The van der Waals surface area contributed by atoms with Crippen molar-refractivity contribution in [2.24, 2.45) is 5.73 Å². The summed E-state index contributed by atoms with van der Waals surface area (Å²) in [5.41, 5.74) is 5.98. The van der Waals surface area contributed by atoms with Crippen molar-refractivity contribution < 1.29 is 19.0 Å². The lowest BCUT2D eigenvalue weighted by atomic mass is 10.1. The zero-order valence-corrected chi connectivity index (χ0v) is 12.4. The third-order valence-corrected chi connectivity index (χ3v) is 3.06. The molecule has 20 heavy (non-hydrogen) atoms. The summed E-state index contributed by atoms with van der Waals surface area (Å²) >= 11 is 0. The van der Waals surface area contributed by atoms with E-state index in [0.29, 0.717) is 29.4 Å². The Morgan fingerprint density at radius 2 is 1.70 bits per heavy atom. The third-order valence-electron chi connectivity index (χ3n) is 3.06. The molecule has 0 saturated heterocycles. The van der Waals surface area contributed by atoms with Crippen LogP contribution in [0.5, 0.6) is 17.2 Å². The molecule has 0 heterocycles. The Hall–Kier alpha value is -1.95. The lowest BCUT2D eigenvalue weighted by Crippen LogP contribution is -2.39. The molecule has 3 N–H and O–H groups in total. The van der Waals surface area contributed by atoms with Gasteiger partial charge in [0.1, 0.15) is 5.75 Å². The Balaban J connectivity index is 3.12. The molecule has 6 nitrogen and oxygen atoms in total. The van der Waals surface area contributed by atoms with Crippen LogP contribution in [0.1, 0.15) is 23.7 Å². The molecule has 0 radical (unpaired) electrons. The molecule has 0 saturated carbocycles. The fraction of sp³-hybridized carbons (Fsp3) is 0.500. The molecule has 1 rings (SSSR count). The molecule has 6 heteroatoms. The molecule has 0 fully saturated rings. The largest absolute Gasteiger partial charge is 0.496 e. The van der Waals surface area contributed by atoms with Crippen molar-refractivity contribution in [2.45, 2.75) is 19.4 Å². The number of rotatable bonds is 7. The number of amides is 1. The molecule has 0 aromatic heterocycles. The highest BCUT2D eigenvalue weighted by Crippen LogP contribution is 2.34. The summed E-state index contributed by atoms with van der Waals surface area (Å²) in [6.07, 6.45) is 0.762. The van der Waals surface area contributed by atoms with Crippen LogP contribution in [-0.4, -0.2) is 39.8 Å². The first-order chi connectivity index (χ1) is 9.60. The Morgan fingerprint density at radius 3 is 2.15 bits per heavy atom. The number of benzene rings is 1. The second-order valence-electron chi connectivity index (χ2n) is 4.22. The van der Waals surface area contributed by atoms with E-state index in [0.717, 1.165) is 6.42 Å². The van der Waals surface area contributed by atoms with E-state index < -0.39 is 0 Å². The highest BCUT2D eigenvalue weighted by Gasteiger charge is 2.19. The molecule has 0 spiro atoms. The lowest BCUT2D eigenvalue weighted by Gasteiger charge is -2.17. The van der Waals surface area contributed by atoms with Gasteiger partial charge in [-0.2, -0.15) is 0 Å². The number of methoxy groups -OCH3 is 3. The Bertz CT molecular complexity index is 459. The van der Waals surface area contributed by atoms with Crippen LogP contribution in [-0.2, 0) is 0 Å². The van der Waals surface area contributed by atoms with Crippen LogP contribution in [0.2, 0.25) is 0 Å². The third kappa shape index (κ3) is 3.54. The summed E-state index contributed by atoms with van der Waals surface area (Å²) < 4.78 is 15.6. The number of nitrogens with one attached hydrogen (secondary N) is 1. The van der Waals surface area contributed by atoms with Crippen molar-refractivity contribution in [3.63, 3.8) is 0 Å². The molecule has 0 aliphatic rings. The molecule has 1 aromatic carbocycles. The van der Waals surface area contributed by atoms with E-state index >= 15 is 0 Å². The Morgan fingerprint density at radius 1 is 1.15 bits per heavy atom. The summed E-state index contributed by atoms with van der Waals surface area (Å²) in [5, 5.41) is 2.86. The van der Waals surface area contributed by atoms with Crippen LogP contribution in [0, 0.1) is 0 Å². The topological polar surface area (TPSA) is 82.8 Å².